The van der Waals surface area contributed by atoms with E-state index >= 15 is 0 Å². The summed E-state index contributed by atoms with van der Waals surface area (Å²) in [6, 6.07) is 6.40. The summed E-state index contributed by atoms with van der Waals surface area (Å²) in [5, 5.41) is 10.8. The van der Waals surface area contributed by atoms with Crippen molar-refractivity contribution in [1.82, 2.24) is 9.21 Å². The van der Waals surface area contributed by atoms with Crippen LogP contribution in [0.2, 0.25) is 9.36 Å². The molecule has 1 fully saturated rings. The van der Waals surface area contributed by atoms with Crippen molar-refractivity contribution in [1.29, 1.82) is 0 Å². The summed E-state index contributed by atoms with van der Waals surface area (Å²) in [7, 11) is -3.74. The van der Waals surface area contributed by atoms with Gasteiger partial charge in [0.2, 0.25) is 0 Å². The number of thiophene rings is 1. The van der Waals surface area contributed by atoms with Crippen molar-refractivity contribution < 1.29 is 22.9 Å². The van der Waals surface area contributed by atoms with Crippen LogP contribution in [0, 0.1) is 10.1 Å². The molecule has 1 aromatic heterocycles. The molecule has 0 bridgehead atoms. The van der Waals surface area contributed by atoms with Gasteiger partial charge in [0, 0.05) is 38.3 Å². The second-order valence-corrected chi connectivity index (χ2v) is 9.92. The van der Waals surface area contributed by atoms with E-state index < -0.39 is 21.0 Å². The van der Waals surface area contributed by atoms with Crippen LogP contribution in [0.1, 0.15) is 0 Å². The Balaban J connectivity index is 1.60. The highest BCUT2D eigenvalue weighted by Gasteiger charge is 2.32. The van der Waals surface area contributed by atoms with E-state index in [2.05, 4.69) is 0 Å². The molecule has 1 aromatic carbocycles. The minimum Gasteiger partial charge on any atom is -0.410 e. The molecular weight excluding hydrogens is 453 g/mol. The molecule has 1 aliphatic rings. The SMILES string of the molecule is O=C(Oc1ccc([N+](=O)[O-])cc1)N1CCN(S(=O)(=O)c2cc(Cl)c(Cl)s2)CC1. The quantitative estimate of drug-likeness (QED) is 0.504. The van der Waals surface area contributed by atoms with Gasteiger partial charge in [-0.3, -0.25) is 10.1 Å². The number of benzene rings is 1. The van der Waals surface area contributed by atoms with Crippen molar-refractivity contribution >= 4 is 56.3 Å². The maximum atomic E-state index is 12.6. The predicted molar refractivity (Wildman–Crippen MR) is 104 cm³/mol. The van der Waals surface area contributed by atoms with Gasteiger partial charge >= 0.3 is 6.09 Å². The maximum Gasteiger partial charge on any atom is 0.415 e. The number of rotatable bonds is 4. The molecule has 150 valence electrons. The summed E-state index contributed by atoms with van der Waals surface area (Å²) in [4.78, 5) is 23.7. The molecule has 1 saturated heterocycles. The standard InChI is InChI=1S/C15H13Cl2N3O6S2/c16-12-9-13(27-14(12)17)28(24,25)19-7-5-18(6-8-19)15(21)26-11-3-1-10(2-4-11)20(22)23/h1-4,9H,5-8H2. The number of ether oxygens (including phenoxy) is 1. The number of carbonyl (C=O) groups is 1. The van der Waals surface area contributed by atoms with Crippen molar-refractivity contribution in [3.8, 4) is 5.75 Å². The highest BCUT2D eigenvalue weighted by molar-refractivity contribution is 7.91. The van der Waals surface area contributed by atoms with Gasteiger partial charge in [0.05, 0.1) is 9.95 Å². The van der Waals surface area contributed by atoms with Gasteiger partial charge in [-0.15, -0.1) is 11.3 Å². The maximum absolute atomic E-state index is 12.6. The first-order valence-electron chi connectivity index (χ1n) is 7.84. The Kier molecular flexibility index (Phi) is 6.10. The highest BCUT2D eigenvalue weighted by atomic mass is 35.5. The monoisotopic (exact) mass is 465 g/mol. The van der Waals surface area contributed by atoms with Crippen molar-refractivity contribution in [2.24, 2.45) is 0 Å². The lowest BCUT2D eigenvalue weighted by Gasteiger charge is -2.32. The summed E-state index contributed by atoms with van der Waals surface area (Å²) in [6.07, 6.45) is -0.659. The highest BCUT2D eigenvalue weighted by Crippen LogP contribution is 2.35. The van der Waals surface area contributed by atoms with Crippen molar-refractivity contribution in [3.05, 3.63) is 49.8 Å². The van der Waals surface area contributed by atoms with Crippen molar-refractivity contribution in [2.75, 3.05) is 26.2 Å². The Hall–Kier alpha value is -1.92. The number of hydrogen-bond donors (Lipinski definition) is 0. The van der Waals surface area contributed by atoms with Gasteiger partial charge < -0.3 is 9.64 Å². The van der Waals surface area contributed by atoms with Crippen LogP contribution in [-0.4, -0.2) is 54.8 Å². The number of hydrogen-bond acceptors (Lipinski definition) is 7. The average molecular weight is 466 g/mol. The third kappa shape index (κ3) is 4.39. The molecule has 0 N–H and O–H groups in total. The summed E-state index contributed by atoms with van der Waals surface area (Å²) >= 11 is 12.5. The Morgan fingerprint density at radius 3 is 2.25 bits per heavy atom. The van der Waals surface area contributed by atoms with Gasteiger partial charge in [0.25, 0.3) is 15.7 Å². The summed E-state index contributed by atoms with van der Waals surface area (Å²) < 4.78 is 31.9. The molecule has 0 spiro atoms. The second-order valence-electron chi connectivity index (χ2n) is 5.70. The lowest BCUT2D eigenvalue weighted by Crippen LogP contribution is -2.51. The minimum atomic E-state index is -3.74. The molecule has 1 amide bonds. The van der Waals surface area contributed by atoms with E-state index in [0.29, 0.717) is 0 Å². The van der Waals surface area contributed by atoms with Crippen LogP contribution in [0.25, 0.3) is 0 Å². The zero-order chi connectivity index (χ0) is 20.5. The molecule has 28 heavy (non-hydrogen) atoms. The molecule has 0 atom stereocenters. The fourth-order valence-corrected chi connectivity index (χ4v) is 5.95. The van der Waals surface area contributed by atoms with Crippen LogP contribution < -0.4 is 4.74 Å². The van der Waals surface area contributed by atoms with E-state index in [9.17, 15) is 23.3 Å². The van der Waals surface area contributed by atoms with Gasteiger partial charge in [-0.1, -0.05) is 23.2 Å². The van der Waals surface area contributed by atoms with E-state index in [1.54, 1.807) is 0 Å². The molecule has 0 saturated carbocycles. The number of non-ortho nitro benzene ring substituents is 1. The van der Waals surface area contributed by atoms with Crippen LogP contribution in [-0.2, 0) is 10.0 Å². The van der Waals surface area contributed by atoms with E-state index in [-0.39, 0.29) is 51.2 Å². The third-order valence-corrected chi connectivity index (χ3v) is 8.18. The number of nitro benzene ring substituents is 1. The third-order valence-electron chi connectivity index (χ3n) is 3.97. The van der Waals surface area contributed by atoms with Crippen LogP contribution in [0.5, 0.6) is 5.75 Å². The van der Waals surface area contributed by atoms with Gasteiger partial charge in [-0.25, -0.2) is 13.2 Å². The zero-order valence-electron chi connectivity index (χ0n) is 14.1. The van der Waals surface area contributed by atoms with Crippen molar-refractivity contribution in [3.63, 3.8) is 0 Å². The normalized spacial score (nSPS) is 15.4. The second kappa shape index (κ2) is 8.21. The van der Waals surface area contributed by atoms with E-state index in [1.165, 1.54) is 39.5 Å². The molecule has 0 radical (unpaired) electrons. The van der Waals surface area contributed by atoms with Crippen LogP contribution in [0.3, 0.4) is 0 Å². The van der Waals surface area contributed by atoms with E-state index in [0.717, 1.165) is 11.3 Å². The number of amides is 1. The molecular formula is C15H13Cl2N3O6S2. The molecule has 2 heterocycles. The molecule has 3 rings (SSSR count). The molecule has 0 unspecified atom stereocenters. The number of sulfonamides is 1. The lowest BCUT2D eigenvalue weighted by atomic mass is 10.3. The number of nitro groups is 1. The molecule has 0 aliphatic carbocycles. The van der Waals surface area contributed by atoms with Crippen LogP contribution >= 0.6 is 34.5 Å². The smallest absolute Gasteiger partial charge is 0.410 e. The average Bonchev–Trinajstić information content (AvgIpc) is 3.02. The molecule has 1 aliphatic heterocycles. The zero-order valence-corrected chi connectivity index (χ0v) is 17.2. The predicted octanol–water partition coefficient (Wildman–Crippen LogP) is 3.47. The molecule has 2 aromatic rings. The van der Waals surface area contributed by atoms with Crippen molar-refractivity contribution in [2.45, 2.75) is 4.21 Å². The lowest BCUT2D eigenvalue weighted by molar-refractivity contribution is -0.384. The number of nitrogens with zero attached hydrogens (tertiary/aromatic N) is 3. The summed E-state index contributed by atoms with van der Waals surface area (Å²) in [5.41, 5.74) is -0.118. The van der Waals surface area contributed by atoms with Crippen LogP contribution in [0.4, 0.5) is 10.5 Å². The Morgan fingerprint density at radius 1 is 1.14 bits per heavy atom. The number of carbonyl (C=O) groups excluding carboxylic acids is 1. The van der Waals surface area contributed by atoms with Gasteiger partial charge in [0.15, 0.2) is 0 Å². The Morgan fingerprint density at radius 2 is 1.75 bits per heavy atom. The van der Waals surface area contributed by atoms with E-state index in [1.807, 2.05) is 0 Å². The van der Waals surface area contributed by atoms with Gasteiger partial charge in [-0.2, -0.15) is 4.31 Å². The topological polar surface area (TPSA) is 110 Å². The first-order chi connectivity index (χ1) is 13.2. The number of piperazine rings is 1. The fraction of sp³-hybridized carbons (Fsp3) is 0.267. The first-order valence-corrected chi connectivity index (χ1v) is 10.9. The molecule has 13 heteroatoms. The number of halogens is 2. The van der Waals surface area contributed by atoms with Crippen LogP contribution in [0.15, 0.2) is 34.5 Å². The largest absolute Gasteiger partial charge is 0.415 e. The first kappa shape index (κ1) is 20.8. The molecule has 9 nitrogen and oxygen atoms in total. The Bertz CT molecular complexity index is 982. The minimum absolute atomic E-state index is 0.0457. The summed E-state index contributed by atoms with van der Waals surface area (Å²) in [5.74, 6) is 0.161. The fourth-order valence-electron chi connectivity index (χ4n) is 2.49. The Labute approximate surface area is 174 Å². The van der Waals surface area contributed by atoms with Gasteiger partial charge in [0.1, 0.15) is 14.3 Å². The summed E-state index contributed by atoms with van der Waals surface area (Å²) in [6.45, 7) is 0.450. The van der Waals surface area contributed by atoms with E-state index in [4.69, 9.17) is 27.9 Å². The van der Waals surface area contributed by atoms with Gasteiger partial charge in [-0.05, 0) is 18.2 Å².